The molecule has 0 radical (unpaired) electrons. The molecule has 9 nitrogen and oxygen atoms in total. The van der Waals surface area contributed by atoms with Gasteiger partial charge in [0.2, 0.25) is 0 Å². The molecular weight excluding hydrogens is 384 g/mol. The third-order valence-corrected chi connectivity index (χ3v) is 4.94. The first-order valence-electron chi connectivity index (χ1n) is 9.53. The molecule has 0 atom stereocenters. The number of aromatic nitrogens is 2. The summed E-state index contributed by atoms with van der Waals surface area (Å²) in [6.45, 7) is 1.93. The van der Waals surface area contributed by atoms with Crippen LogP contribution in [0, 0.1) is 10.1 Å². The largest absolute Gasteiger partial charge is 0.362 e. The number of nitrogens with zero attached hydrogens (tertiary/aromatic N) is 5. The Morgan fingerprint density at radius 3 is 2.30 bits per heavy atom. The zero-order valence-electron chi connectivity index (χ0n) is 16.1. The highest BCUT2D eigenvalue weighted by Gasteiger charge is 2.25. The molecule has 1 N–H and O–H groups in total. The van der Waals surface area contributed by atoms with E-state index in [9.17, 15) is 14.9 Å². The lowest BCUT2D eigenvalue weighted by molar-refractivity contribution is -0.384. The molecule has 1 fully saturated rings. The Labute approximate surface area is 173 Å². The van der Waals surface area contributed by atoms with Crippen LogP contribution in [0.2, 0.25) is 0 Å². The van der Waals surface area contributed by atoms with Gasteiger partial charge in [0.25, 0.3) is 5.69 Å². The van der Waals surface area contributed by atoms with Gasteiger partial charge in [-0.25, -0.2) is 9.78 Å². The number of piperazine rings is 1. The lowest BCUT2D eigenvalue weighted by Gasteiger charge is -2.35. The van der Waals surface area contributed by atoms with Crippen LogP contribution in [-0.4, -0.2) is 52.0 Å². The quantitative estimate of drug-likeness (QED) is 0.528. The number of amides is 2. The Morgan fingerprint density at radius 2 is 1.63 bits per heavy atom. The maximum Gasteiger partial charge on any atom is 0.323 e. The van der Waals surface area contributed by atoms with Crippen LogP contribution in [0.3, 0.4) is 0 Å². The molecule has 0 spiro atoms. The molecule has 1 aromatic heterocycles. The van der Waals surface area contributed by atoms with Gasteiger partial charge in [0, 0.05) is 37.8 Å². The van der Waals surface area contributed by atoms with Crippen molar-refractivity contribution in [3.63, 3.8) is 0 Å². The summed E-state index contributed by atoms with van der Waals surface area (Å²) < 4.78 is 0. The van der Waals surface area contributed by atoms with Crippen molar-refractivity contribution in [1.29, 1.82) is 0 Å². The van der Waals surface area contributed by atoms with E-state index in [4.69, 9.17) is 0 Å². The molecule has 0 unspecified atom stereocenters. The molecule has 2 amide bonds. The fourth-order valence-corrected chi connectivity index (χ4v) is 3.38. The number of carbonyl (C=O) groups is 1. The SMILES string of the molecule is O=C(Nc1cnc(-c2ccccc2)cn1)N1CCN(c2ccccc2[N+](=O)[O-])CC1. The van der Waals surface area contributed by atoms with Crippen molar-refractivity contribution in [3.05, 3.63) is 77.1 Å². The number of para-hydroxylation sites is 2. The van der Waals surface area contributed by atoms with Gasteiger partial charge >= 0.3 is 6.03 Å². The highest BCUT2D eigenvalue weighted by molar-refractivity contribution is 5.88. The zero-order chi connectivity index (χ0) is 20.9. The Hall–Kier alpha value is -4.01. The zero-order valence-corrected chi connectivity index (χ0v) is 16.1. The van der Waals surface area contributed by atoms with Crippen molar-refractivity contribution in [2.45, 2.75) is 0 Å². The van der Waals surface area contributed by atoms with Gasteiger partial charge in [-0.15, -0.1) is 0 Å². The smallest absolute Gasteiger partial charge is 0.323 e. The normalized spacial score (nSPS) is 13.7. The minimum atomic E-state index is -0.383. The Morgan fingerprint density at radius 1 is 0.933 bits per heavy atom. The lowest BCUT2D eigenvalue weighted by atomic mass is 10.2. The van der Waals surface area contributed by atoms with Crippen LogP contribution >= 0.6 is 0 Å². The number of carbonyl (C=O) groups excluding carboxylic acids is 1. The maximum absolute atomic E-state index is 12.6. The van der Waals surface area contributed by atoms with E-state index in [1.165, 1.54) is 12.3 Å². The summed E-state index contributed by atoms with van der Waals surface area (Å²) in [6, 6.07) is 16.1. The van der Waals surface area contributed by atoms with E-state index in [1.807, 2.05) is 35.2 Å². The lowest BCUT2D eigenvalue weighted by Crippen LogP contribution is -2.50. The summed E-state index contributed by atoms with van der Waals surface area (Å²) in [5.41, 5.74) is 2.33. The van der Waals surface area contributed by atoms with E-state index < -0.39 is 0 Å². The van der Waals surface area contributed by atoms with E-state index in [-0.39, 0.29) is 16.6 Å². The number of anilines is 2. The molecule has 152 valence electrons. The van der Waals surface area contributed by atoms with E-state index in [0.717, 1.165) is 11.3 Å². The minimum Gasteiger partial charge on any atom is -0.362 e. The molecule has 4 rings (SSSR count). The summed E-state index contributed by atoms with van der Waals surface area (Å²) in [5.74, 6) is 0.376. The summed E-state index contributed by atoms with van der Waals surface area (Å²) in [6.07, 6.45) is 3.15. The monoisotopic (exact) mass is 404 g/mol. The predicted molar refractivity (Wildman–Crippen MR) is 113 cm³/mol. The standard InChI is InChI=1S/C21H20N6O3/c28-21(24-20-15-22-17(14-23-20)16-6-2-1-3-7-16)26-12-10-25(11-13-26)18-8-4-5-9-19(18)27(29)30/h1-9,14-15H,10-13H2,(H,23,24,28). The van der Waals surface area contributed by atoms with Crippen LogP contribution in [0.5, 0.6) is 0 Å². The Kier molecular flexibility index (Phi) is 5.51. The predicted octanol–water partition coefficient (Wildman–Crippen LogP) is 3.41. The number of nitro groups is 1. The molecular formula is C21H20N6O3. The summed E-state index contributed by atoms with van der Waals surface area (Å²) in [7, 11) is 0. The third kappa shape index (κ3) is 4.19. The van der Waals surface area contributed by atoms with Crippen molar-refractivity contribution < 1.29 is 9.72 Å². The van der Waals surface area contributed by atoms with Gasteiger partial charge in [-0.05, 0) is 6.07 Å². The van der Waals surface area contributed by atoms with Gasteiger partial charge in [0.1, 0.15) is 5.69 Å². The van der Waals surface area contributed by atoms with Crippen LogP contribution < -0.4 is 10.2 Å². The number of hydrogen-bond donors (Lipinski definition) is 1. The fraction of sp³-hybridized carbons (Fsp3) is 0.190. The van der Waals surface area contributed by atoms with Gasteiger partial charge in [-0.2, -0.15) is 0 Å². The van der Waals surface area contributed by atoms with Crippen LogP contribution in [0.15, 0.2) is 67.0 Å². The number of hydrogen-bond acceptors (Lipinski definition) is 6. The van der Waals surface area contributed by atoms with Crippen LogP contribution in [0.4, 0.5) is 22.0 Å². The average molecular weight is 404 g/mol. The molecule has 30 heavy (non-hydrogen) atoms. The van der Waals surface area contributed by atoms with E-state index >= 15 is 0 Å². The van der Waals surface area contributed by atoms with Crippen molar-refractivity contribution in [2.75, 3.05) is 36.4 Å². The molecule has 2 heterocycles. The fourth-order valence-electron chi connectivity index (χ4n) is 3.38. The van der Waals surface area contributed by atoms with Gasteiger partial charge in [-0.1, -0.05) is 42.5 Å². The van der Waals surface area contributed by atoms with Crippen molar-refractivity contribution >= 4 is 23.2 Å². The maximum atomic E-state index is 12.6. The third-order valence-electron chi connectivity index (χ3n) is 4.94. The Bertz CT molecular complexity index is 1030. The van der Waals surface area contributed by atoms with Gasteiger partial charge < -0.3 is 9.80 Å². The van der Waals surface area contributed by atoms with Gasteiger partial charge in [0.05, 0.1) is 23.0 Å². The van der Waals surface area contributed by atoms with Crippen LogP contribution in [0.25, 0.3) is 11.3 Å². The number of nitrogens with one attached hydrogen (secondary N) is 1. The summed E-state index contributed by atoms with van der Waals surface area (Å²) >= 11 is 0. The first-order valence-corrected chi connectivity index (χ1v) is 9.53. The second kappa shape index (κ2) is 8.56. The minimum absolute atomic E-state index is 0.0733. The molecule has 3 aromatic rings. The molecule has 1 aliphatic rings. The molecule has 0 bridgehead atoms. The van der Waals surface area contributed by atoms with Crippen LogP contribution in [0.1, 0.15) is 0 Å². The highest BCUT2D eigenvalue weighted by Crippen LogP contribution is 2.28. The molecule has 1 aliphatic heterocycles. The van der Waals surface area contributed by atoms with E-state index in [2.05, 4.69) is 15.3 Å². The van der Waals surface area contributed by atoms with Gasteiger partial charge in [0.15, 0.2) is 5.82 Å². The second-order valence-corrected chi connectivity index (χ2v) is 6.80. The first-order chi connectivity index (χ1) is 14.6. The average Bonchev–Trinajstić information content (AvgIpc) is 2.80. The second-order valence-electron chi connectivity index (χ2n) is 6.80. The number of nitro benzene ring substituents is 1. The molecule has 9 heteroatoms. The van der Waals surface area contributed by atoms with Crippen molar-refractivity contribution in [2.24, 2.45) is 0 Å². The molecule has 2 aromatic carbocycles. The number of urea groups is 1. The van der Waals surface area contributed by atoms with Crippen LogP contribution in [-0.2, 0) is 0 Å². The molecule has 0 saturated carbocycles. The molecule has 1 saturated heterocycles. The van der Waals surface area contributed by atoms with Crippen molar-refractivity contribution in [1.82, 2.24) is 14.9 Å². The van der Waals surface area contributed by atoms with E-state index in [0.29, 0.717) is 37.7 Å². The number of benzene rings is 2. The summed E-state index contributed by atoms with van der Waals surface area (Å²) in [4.78, 5) is 35.7. The van der Waals surface area contributed by atoms with E-state index in [1.54, 1.807) is 29.3 Å². The topological polar surface area (TPSA) is 104 Å². The Balaban J connectivity index is 1.35. The van der Waals surface area contributed by atoms with Crippen molar-refractivity contribution in [3.8, 4) is 11.3 Å². The highest BCUT2D eigenvalue weighted by atomic mass is 16.6. The first kappa shape index (κ1) is 19.3. The summed E-state index contributed by atoms with van der Waals surface area (Å²) in [5, 5.41) is 14.0. The number of rotatable bonds is 4. The van der Waals surface area contributed by atoms with Gasteiger partial charge in [-0.3, -0.25) is 20.4 Å². The molecule has 0 aliphatic carbocycles.